The summed E-state index contributed by atoms with van der Waals surface area (Å²) in [6.07, 6.45) is 1.04. The van der Waals surface area contributed by atoms with Crippen LogP contribution in [0.15, 0.2) is 18.2 Å². The van der Waals surface area contributed by atoms with E-state index >= 15 is 0 Å². The third kappa shape index (κ3) is 2.11. The summed E-state index contributed by atoms with van der Waals surface area (Å²) >= 11 is 5.96. The molecule has 1 aromatic rings. The minimum absolute atomic E-state index is 0.121. The summed E-state index contributed by atoms with van der Waals surface area (Å²) in [4.78, 5) is 0. The van der Waals surface area contributed by atoms with E-state index in [1.54, 1.807) is 18.2 Å². The first kappa shape index (κ1) is 9.62. The number of ether oxygens (including phenoxy) is 2. The van der Waals surface area contributed by atoms with Crippen molar-refractivity contribution in [3.05, 3.63) is 23.2 Å². The Morgan fingerprint density at radius 1 is 1.50 bits per heavy atom. The Morgan fingerprint density at radius 2 is 2.36 bits per heavy atom. The van der Waals surface area contributed by atoms with Crippen LogP contribution in [0.5, 0.6) is 5.75 Å². The number of nitrogens with two attached hydrogens (primary N) is 1. The molecular formula is C10H12ClNO2. The quantitative estimate of drug-likeness (QED) is 0.766. The number of hydrogen-bond donors (Lipinski definition) is 1. The van der Waals surface area contributed by atoms with Gasteiger partial charge in [-0.15, -0.1) is 0 Å². The maximum atomic E-state index is 5.96. The number of nitrogen functional groups attached to an aromatic ring is 1. The zero-order valence-electron chi connectivity index (χ0n) is 7.70. The molecule has 4 heteroatoms. The Balaban J connectivity index is 2.08. The lowest BCUT2D eigenvalue weighted by Gasteiger charge is -2.13. The highest BCUT2D eigenvalue weighted by Crippen LogP contribution is 2.28. The van der Waals surface area contributed by atoms with Gasteiger partial charge in [-0.1, -0.05) is 11.6 Å². The molecule has 3 nitrogen and oxygen atoms in total. The molecule has 0 amide bonds. The van der Waals surface area contributed by atoms with E-state index in [1.807, 2.05) is 0 Å². The average Bonchev–Trinajstić information content (AvgIpc) is 2.62. The topological polar surface area (TPSA) is 44.5 Å². The molecule has 2 N–H and O–H groups in total. The van der Waals surface area contributed by atoms with Crippen LogP contribution in [-0.4, -0.2) is 19.3 Å². The predicted molar refractivity (Wildman–Crippen MR) is 55.7 cm³/mol. The second-order valence-electron chi connectivity index (χ2n) is 3.29. The van der Waals surface area contributed by atoms with Crippen molar-refractivity contribution in [2.75, 3.05) is 18.9 Å². The lowest BCUT2D eigenvalue weighted by atomic mass is 10.3. The number of anilines is 1. The smallest absolute Gasteiger partial charge is 0.138 e. The van der Waals surface area contributed by atoms with Crippen molar-refractivity contribution < 1.29 is 9.47 Å². The van der Waals surface area contributed by atoms with Gasteiger partial charge >= 0.3 is 0 Å². The van der Waals surface area contributed by atoms with Gasteiger partial charge in [-0.3, -0.25) is 0 Å². The third-order valence-electron chi connectivity index (χ3n) is 2.14. The Morgan fingerprint density at radius 3 is 3.00 bits per heavy atom. The summed E-state index contributed by atoms with van der Waals surface area (Å²) < 4.78 is 10.8. The summed E-state index contributed by atoms with van der Waals surface area (Å²) in [5.74, 6) is 0.677. The van der Waals surface area contributed by atoms with E-state index < -0.39 is 0 Å². The molecule has 0 unspecified atom stereocenters. The van der Waals surface area contributed by atoms with Crippen LogP contribution in [0.4, 0.5) is 5.69 Å². The van der Waals surface area contributed by atoms with Gasteiger partial charge in [0.2, 0.25) is 0 Å². The number of benzene rings is 1. The lowest BCUT2D eigenvalue weighted by Crippen LogP contribution is -2.15. The molecule has 0 spiro atoms. The first-order valence-electron chi connectivity index (χ1n) is 4.55. The first-order chi connectivity index (χ1) is 6.75. The molecule has 1 aromatic carbocycles. The highest BCUT2D eigenvalue weighted by molar-refractivity contribution is 6.32. The molecule has 0 bridgehead atoms. The molecule has 0 saturated carbocycles. The van der Waals surface area contributed by atoms with Crippen LogP contribution < -0.4 is 10.5 Å². The Hall–Kier alpha value is -0.930. The van der Waals surface area contributed by atoms with Gasteiger partial charge in [-0.2, -0.15) is 0 Å². The Labute approximate surface area is 87.8 Å². The molecule has 1 aliphatic heterocycles. The van der Waals surface area contributed by atoms with E-state index in [-0.39, 0.29) is 6.10 Å². The van der Waals surface area contributed by atoms with E-state index in [4.69, 9.17) is 26.8 Å². The molecular weight excluding hydrogens is 202 g/mol. The molecule has 76 valence electrons. The van der Waals surface area contributed by atoms with Gasteiger partial charge in [-0.25, -0.2) is 0 Å². The number of halogens is 1. The zero-order chi connectivity index (χ0) is 9.97. The van der Waals surface area contributed by atoms with Crippen molar-refractivity contribution in [3.63, 3.8) is 0 Å². The summed E-state index contributed by atoms with van der Waals surface area (Å²) in [5.41, 5.74) is 6.21. The molecule has 2 rings (SSSR count). The molecule has 1 fully saturated rings. The van der Waals surface area contributed by atoms with Crippen molar-refractivity contribution in [2.24, 2.45) is 0 Å². The van der Waals surface area contributed by atoms with E-state index in [0.717, 1.165) is 13.0 Å². The highest BCUT2D eigenvalue weighted by Gasteiger charge is 2.18. The lowest BCUT2D eigenvalue weighted by molar-refractivity contribution is 0.141. The fourth-order valence-electron chi connectivity index (χ4n) is 1.40. The molecule has 0 aliphatic carbocycles. The molecule has 0 radical (unpaired) electrons. The van der Waals surface area contributed by atoms with E-state index in [0.29, 0.717) is 23.1 Å². The molecule has 14 heavy (non-hydrogen) atoms. The van der Waals surface area contributed by atoms with Crippen molar-refractivity contribution in [2.45, 2.75) is 12.5 Å². The van der Waals surface area contributed by atoms with Gasteiger partial charge in [0.25, 0.3) is 0 Å². The number of hydrogen-bond acceptors (Lipinski definition) is 3. The maximum absolute atomic E-state index is 5.96. The normalized spacial score (nSPS) is 21.1. The SMILES string of the molecule is Nc1ccc(O[C@H]2CCOC2)c(Cl)c1. The maximum Gasteiger partial charge on any atom is 0.138 e. The van der Waals surface area contributed by atoms with Crippen LogP contribution in [0.25, 0.3) is 0 Å². The Kier molecular flexibility index (Phi) is 2.79. The van der Waals surface area contributed by atoms with E-state index in [9.17, 15) is 0 Å². The van der Waals surface area contributed by atoms with Crippen molar-refractivity contribution in [3.8, 4) is 5.75 Å². The Bertz CT molecular complexity index is 324. The van der Waals surface area contributed by atoms with E-state index in [2.05, 4.69) is 0 Å². The van der Waals surface area contributed by atoms with Gasteiger partial charge in [0.1, 0.15) is 11.9 Å². The van der Waals surface area contributed by atoms with Crippen molar-refractivity contribution in [1.29, 1.82) is 0 Å². The average molecular weight is 214 g/mol. The minimum atomic E-state index is 0.121. The number of rotatable bonds is 2. The minimum Gasteiger partial charge on any atom is -0.486 e. The van der Waals surface area contributed by atoms with Gasteiger partial charge in [0, 0.05) is 12.1 Å². The monoisotopic (exact) mass is 213 g/mol. The summed E-state index contributed by atoms with van der Waals surface area (Å²) in [6, 6.07) is 5.25. The van der Waals surface area contributed by atoms with Gasteiger partial charge in [0.15, 0.2) is 0 Å². The second-order valence-corrected chi connectivity index (χ2v) is 3.70. The fraction of sp³-hybridized carbons (Fsp3) is 0.400. The van der Waals surface area contributed by atoms with Crippen LogP contribution in [-0.2, 0) is 4.74 Å². The van der Waals surface area contributed by atoms with Crippen molar-refractivity contribution in [1.82, 2.24) is 0 Å². The molecule has 1 aliphatic rings. The van der Waals surface area contributed by atoms with Gasteiger partial charge in [0.05, 0.1) is 18.2 Å². The summed E-state index contributed by atoms with van der Waals surface area (Å²) in [7, 11) is 0. The highest BCUT2D eigenvalue weighted by atomic mass is 35.5. The van der Waals surface area contributed by atoms with Crippen LogP contribution >= 0.6 is 11.6 Å². The molecule has 0 aromatic heterocycles. The second kappa shape index (κ2) is 4.07. The van der Waals surface area contributed by atoms with Crippen LogP contribution in [0.3, 0.4) is 0 Å². The predicted octanol–water partition coefficient (Wildman–Crippen LogP) is 2.09. The summed E-state index contributed by atoms with van der Waals surface area (Å²) in [6.45, 7) is 1.40. The standard InChI is InChI=1S/C10H12ClNO2/c11-9-5-7(12)1-2-10(9)14-8-3-4-13-6-8/h1-2,5,8H,3-4,6,12H2/t8-/m0/s1. The largest absolute Gasteiger partial charge is 0.486 e. The van der Waals surface area contributed by atoms with Gasteiger partial charge in [-0.05, 0) is 18.2 Å². The molecule has 1 heterocycles. The van der Waals surface area contributed by atoms with Crippen LogP contribution in [0.1, 0.15) is 6.42 Å². The van der Waals surface area contributed by atoms with Crippen molar-refractivity contribution >= 4 is 17.3 Å². The van der Waals surface area contributed by atoms with Crippen LogP contribution in [0, 0.1) is 0 Å². The van der Waals surface area contributed by atoms with Gasteiger partial charge < -0.3 is 15.2 Å². The van der Waals surface area contributed by atoms with Crippen LogP contribution in [0.2, 0.25) is 5.02 Å². The fourth-order valence-corrected chi connectivity index (χ4v) is 1.63. The zero-order valence-corrected chi connectivity index (χ0v) is 8.46. The first-order valence-corrected chi connectivity index (χ1v) is 4.93. The third-order valence-corrected chi connectivity index (χ3v) is 2.43. The molecule has 1 atom stereocenters. The summed E-state index contributed by atoms with van der Waals surface area (Å²) in [5, 5.41) is 0.553. The molecule has 1 saturated heterocycles. The van der Waals surface area contributed by atoms with E-state index in [1.165, 1.54) is 0 Å².